The van der Waals surface area contributed by atoms with Gasteiger partial charge in [-0.3, -0.25) is 5.84 Å². The quantitative estimate of drug-likeness (QED) is 0.608. The first kappa shape index (κ1) is 15.5. The summed E-state index contributed by atoms with van der Waals surface area (Å²) in [5.41, 5.74) is 6.38. The Morgan fingerprint density at radius 3 is 2.35 bits per heavy atom. The van der Waals surface area contributed by atoms with Crippen LogP contribution < -0.4 is 11.3 Å². The van der Waals surface area contributed by atoms with Gasteiger partial charge >= 0.3 is 0 Å². The standard InChI is InChI=1S/C16H18BrClN2/c1-2-3-11-4-6-12(7-5-11)16(20-19)13-8-9-14(17)15(18)10-13/h4-10,16,20H,2-3,19H2,1H3. The molecule has 0 fully saturated rings. The van der Waals surface area contributed by atoms with Crippen molar-refractivity contribution in [3.05, 3.63) is 68.7 Å². The monoisotopic (exact) mass is 352 g/mol. The zero-order chi connectivity index (χ0) is 14.5. The van der Waals surface area contributed by atoms with E-state index in [1.54, 1.807) is 0 Å². The van der Waals surface area contributed by atoms with Gasteiger partial charge in [-0.1, -0.05) is 55.3 Å². The van der Waals surface area contributed by atoms with Gasteiger partial charge in [-0.15, -0.1) is 0 Å². The van der Waals surface area contributed by atoms with E-state index in [0.717, 1.165) is 28.4 Å². The molecule has 0 aliphatic rings. The van der Waals surface area contributed by atoms with E-state index in [2.05, 4.69) is 52.5 Å². The van der Waals surface area contributed by atoms with E-state index in [1.165, 1.54) is 5.56 Å². The Balaban J connectivity index is 2.29. The molecule has 2 nitrogen and oxygen atoms in total. The van der Waals surface area contributed by atoms with Crippen LogP contribution in [0, 0.1) is 0 Å². The molecule has 2 rings (SSSR count). The van der Waals surface area contributed by atoms with Crippen LogP contribution in [0.3, 0.4) is 0 Å². The Morgan fingerprint density at radius 2 is 1.80 bits per heavy atom. The first-order valence-corrected chi connectivity index (χ1v) is 7.82. The van der Waals surface area contributed by atoms with E-state index in [1.807, 2.05) is 18.2 Å². The van der Waals surface area contributed by atoms with E-state index in [-0.39, 0.29) is 6.04 Å². The van der Waals surface area contributed by atoms with Gasteiger partial charge in [0.25, 0.3) is 0 Å². The van der Waals surface area contributed by atoms with Gasteiger partial charge in [0.2, 0.25) is 0 Å². The number of halogens is 2. The summed E-state index contributed by atoms with van der Waals surface area (Å²) in [6, 6.07) is 14.4. The second-order valence-corrected chi connectivity index (χ2v) is 6.03. The summed E-state index contributed by atoms with van der Waals surface area (Å²) in [6.45, 7) is 2.18. The van der Waals surface area contributed by atoms with Crippen LogP contribution in [0.25, 0.3) is 0 Å². The minimum Gasteiger partial charge on any atom is -0.271 e. The third-order valence-electron chi connectivity index (χ3n) is 3.30. The van der Waals surface area contributed by atoms with Crippen molar-refractivity contribution in [2.24, 2.45) is 5.84 Å². The maximum atomic E-state index is 6.15. The number of hydrogen-bond donors (Lipinski definition) is 2. The molecule has 0 amide bonds. The van der Waals surface area contributed by atoms with Gasteiger partial charge in [-0.05, 0) is 51.2 Å². The number of benzene rings is 2. The van der Waals surface area contributed by atoms with Crippen molar-refractivity contribution >= 4 is 27.5 Å². The molecule has 3 N–H and O–H groups in total. The molecule has 106 valence electrons. The molecule has 0 radical (unpaired) electrons. The van der Waals surface area contributed by atoms with E-state index in [4.69, 9.17) is 17.4 Å². The minimum atomic E-state index is -0.0590. The third-order valence-corrected chi connectivity index (χ3v) is 4.53. The molecule has 4 heteroatoms. The van der Waals surface area contributed by atoms with Gasteiger partial charge in [-0.2, -0.15) is 0 Å². The number of nitrogens with one attached hydrogen (secondary N) is 1. The van der Waals surface area contributed by atoms with Crippen LogP contribution in [0.15, 0.2) is 46.9 Å². The second-order valence-electron chi connectivity index (χ2n) is 4.76. The van der Waals surface area contributed by atoms with Crippen LogP contribution in [0.4, 0.5) is 0 Å². The fraction of sp³-hybridized carbons (Fsp3) is 0.250. The number of aryl methyl sites for hydroxylation is 1. The van der Waals surface area contributed by atoms with Crippen molar-refractivity contribution in [3.8, 4) is 0 Å². The predicted molar refractivity (Wildman–Crippen MR) is 88.8 cm³/mol. The van der Waals surface area contributed by atoms with Gasteiger partial charge in [0.1, 0.15) is 0 Å². The molecule has 0 saturated heterocycles. The summed E-state index contributed by atoms with van der Waals surface area (Å²) in [5.74, 6) is 5.72. The molecule has 1 atom stereocenters. The van der Waals surface area contributed by atoms with Crippen LogP contribution in [0.1, 0.15) is 36.1 Å². The lowest BCUT2D eigenvalue weighted by atomic mass is 9.97. The highest BCUT2D eigenvalue weighted by Gasteiger charge is 2.13. The van der Waals surface area contributed by atoms with Crippen LogP contribution in [0.5, 0.6) is 0 Å². The Kier molecular flexibility index (Phi) is 5.61. The maximum absolute atomic E-state index is 6.15. The lowest BCUT2D eigenvalue weighted by Gasteiger charge is -2.18. The molecule has 2 aromatic rings. The highest BCUT2D eigenvalue weighted by molar-refractivity contribution is 9.10. The summed E-state index contributed by atoms with van der Waals surface area (Å²) in [6.07, 6.45) is 2.26. The first-order chi connectivity index (χ1) is 9.65. The van der Waals surface area contributed by atoms with Crippen LogP contribution in [0.2, 0.25) is 5.02 Å². The molecule has 0 saturated carbocycles. The van der Waals surface area contributed by atoms with Gasteiger partial charge in [0, 0.05) is 4.47 Å². The molecular formula is C16H18BrClN2. The molecule has 20 heavy (non-hydrogen) atoms. The van der Waals surface area contributed by atoms with Gasteiger partial charge in [0.05, 0.1) is 11.1 Å². The maximum Gasteiger partial charge on any atom is 0.0710 e. The number of hydrazine groups is 1. The highest BCUT2D eigenvalue weighted by Crippen LogP contribution is 2.29. The number of rotatable bonds is 5. The molecule has 1 unspecified atom stereocenters. The molecule has 0 aromatic heterocycles. The second kappa shape index (κ2) is 7.23. The van der Waals surface area contributed by atoms with Crippen LogP contribution in [-0.2, 0) is 6.42 Å². The Bertz CT molecular complexity index is 569. The zero-order valence-electron chi connectivity index (χ0n) is 11.4. The lowest BCUT2D eigenvalue weighted by Crippen LogP contribution is -2.28. The summed E-state index contributed by atoms with van der Waals surface area (Å²) in [5, 5.41) is 0.686. The van der Waals surface area contributed by atoms with Crippen molar-refractivity contribution in [3.63, 3.8) is 0 Å². The van der Waals surface area contributed by atoms with Crippen molar-refractivity contribution in [2.45, 2.75) is 25.8 Å². The predicted octanol–water partition coefficient (Wildman–Crippen LogP) is 4.61. The third kappa shape index (κ3) is 3.61. The molecule has 0 aliphatic heterocycles. The number of hydrogen-bond acceptors (Lipinski definition) is 2. The molecule has 0 aliphatic carbocycles. The Hall–Kier alpha value is -0.870. The average Bonchev–Trinajstić information content (AvgIpc) is 2.46. The summed E-state index contributed by atoms with van der Waals surface area (Å²) in [7, 11) is 0. The summed E-state index contributed by atoms with van der Waals surface area (Å²) >= 11 is 9.55. The fourth-order valence-corrected chi connectivity index (χ4v) is 2.68. The Morgan fingerprint density at radius 1 is 1.15 bits per heavy atom. The molecule has 0 spiro atoms. The molecule has 0 bridgehead atoms. The largest absolute Gasteiger partial charge is 0.271 e. The highest BCUT2D eigenvalue weighted by atomic mass is 79.9. The fourth-order valence-electron chi connectivity index (χ4n) is 2.24. The lowest BCUT2D eigenvalue weighted by molar-refractivity contribution is 0.636. The van der Waals surface area contributed by atoms with E-state index < -0.39 is 0 Å². The van der Waals surface area contributed by atoms with Gasteiger partial charge in [0.15, 0.2) is 0 Å². The summed E-state index contributed by atoms with van der Waals surface area (Å²) in [4.78, 5) is 0. The minimum absolute atomic E-state index is 0.0590. The molecular weight excluding hydrogens is 336 g/mol. The first-order valence-electron chi connectivity index (χ1n) is 6.65. The van der Waals surface area contributed by atoms with E-state index >= 15 is 0 Å². The van der Waals surface area contributed by atoms with E-state index in [0.29, 0.717) is 5.02 Å². The van der Waals surface area contributed by atoms with Crippen LogP contribution >= 0.6 is 27.5 Å². The molecule has 2 aromatic carbocycles. The van der Waals surface area contributed by atoms with Crippen molar-refractivity contribution in [2.75, 3.05) is 0 Å². The summed E-state index contributed by atoms with van der Waals surface area (Å²) < 4.78 is 0.886. The zero-order valence-corrected chi connectivity index (χ0v) is 13.7. The van der Waals surface area contributed by atoms with Crippen molar-refractivity contribution in [1.29, 1.82) is 0 Å². The van der Waals surface area contributed by atoms with Crippen molar-refractivity contribution in [1.82, 2.24) is 5.43 Å². The smallest absolute Gasteiger partial charge is 0.0710 e. The Labute approximate surface area is 133 Å². The number of nitrogens with two attached hydrogens (primary N) is 1. The topological polar surface area (TPSA) is 38.0 Å². The van der Waals surface area contributed by atoms with Crippen LogP contribution in [-0.4, -0.2) is 0 Å². The normalized spacial score (nSPS) is 12.4. The molecule has 0 heterocycles. The van der Waals surface area contributed by atoms with E-state index in [9.17, 15) is 0 Å². The van der Waals surface area contributed by atoms with Gasteiger partial charge in [-0.25, -0.2) is 5.43 Å². The average molecular weight is 354 g/mol. The SMILES string of the molecule is CCCc1ccc(C(NN)c2ccc(Br)c(Cl)c2)cc1. The van der Waals surface area contributed by atoms with Gasteiger partial charge < -0.3 is 0 Å². The van der Waals surface area contributed by atoms with Crippen molar-refractivity contribution < 1.29 is 0 Å².